The highest BCUT2D eigenvalue weighted by Crippen LogP contribution is 2.24. The molecule has 1 aromatic rings. The minimum absolute atomic E-state index is 0.211. The van der Waals surface area contributed by atoms with E-state index in [1.54, 1.807) is 11.1 Å². The topological polar surface area (TPSA) is 93.2 Å². The predicted molar refractivity (Wildman–Crippen MR) is 124 cm³/mol. The highest BCUT2D eigenvalue weighted by molar-refractivity contribution is 7.92. The molecule has 0 radical (unpaired) electrons. The summed E-state index contributed by atoms with van der Waals surface area (Å²) >= 11 is 0. The number of esters is 1. The highest BCUT2D eigenvalue weighted by atomic mass is 32.2. The lowest BCUT2D eigenvalue weighted by Crippen LogP contribution is -2.41. The molecule has 1 amide bonds. The number of piperidine rings is 1. The van der Waals surface area contributed by atoms with Gasteiger partial charge in [0.2, 0.25) is 10.0 Å². The smallest absolute Gasteiger partial charge is 0.414 e. The molecule has 8 nitrogen and oxygen atoms in total. The molecule has 1 aromatic carbocycles. The number of methoxy groups -OCH3 is 1. The van der Waals surface area contributed by atoms with Crippen LogP contribution in [-0.2, 0) is 30.9 Å². The van der Waals surface area contributed by atoms with Crippen LogP contribution in [0.25, 0.3) is 0 Å². The minimum Gasteiger partial charge on any atom is -0.466 e. The van der Waals surface area contributed by atoms with E-state index in [2.05, 4.69) is 4.74 Å². The zero-order chi connectivity index (χ0) is 23.7. The summed E-state index contributed by atoms with van der Waals surface area (Å²) in [7, 11) is -2.55. The van der Waals surface area contributed by atoms with Crippen LogP contribution in [0.3, 0.4) is 0 Å². The molecule has 0 aromatic heterocycles. The number of benzene rings is 1. The van der Waals surface area contributed by atoms with Crippen LogP contribution in [0.2, 0.25) is 0 Å². The number of carbonyl (C=O) groups is 2. The van der Waals surface area contributed by atoms with Gasteiger partial charge in [0.25, 0.3) is 0 Å². The minimum atomic E-state index is -3.75. The van der Waals surface area contributed by atoms with E-state index in [4.69, 9.17) is 4.74 Å². The molecule has 2 heterocycles. The third-order valence-corrected chi connectivity index (χ3v) is 7.15. The van der Waals surface area contributed by atoms with E-state index in [-0.39, 0.29) is 12.6 Å². The predicted octanol–water partition coefficient (Wildman–Crippen LogP) is 3.73. The summed E-state index contributed by atoms with van der Waals surface area (Å²) in [5.74, 6) is -0.714. The lowest BCUT2D eigenvalue weighted by Gasteiger charge is -2.32. The lowest BCUT2D eigenvalue weighted by molar-refractivity contribution is -0.134. The third-order valence-electron chi connectivity index (χ3n) is 5.56. The molecule has 0 bridgehead atoms. The van der Waals surface area contributed by atoms with Gasteiger partial charge in [-0.25, -0.2) is 18.0 Å². The zero-order valence-electron chi connectivity index (χ0n) is 18.8. The average molecular weight is 475 g/mol. The van der Waals surface area contributed by atoms with E-state index >= 15 is 0 Å². The van der Waals surface area contributed by atoms with Gasteiger partial charge in [-0.05, 0) is 36.8 Å². The number of ether oxygens (including phenoxy) is 2. The summed E-state index contributed by atoms with van der Waals surface area (Å²) in [6.07, 6.45) is 10.0. The van der Waals surface area contributed by atoms with Crippen LogP contribution in [0.4, 0.5) is 4.79 Å². The van der Waals surface area contributed by atoms with Crippen molar-refractivity contribution in [3.05, 3.63) is 71.3 Å². The number of nitrogens with zero attached hydrogens (tertiary/aromatic N) is 2. The lowest BCUT2D eigenvalue weighted by atomic mass is 10.0. The van der Waals surface area contributed by atoms with E-state index < -0.39 is 22.1 Å². The Kier molecular flexibility index (Phi) is 8.85. The van der Waals surface area contributed by atoms with Crippen molar-refractivity contribution in [1.82, 2.24) is 9.21 Å². The molecule has 0 spiro atoms. The molecular weight excluding hydrogens is 444 g/mol. The zero-order valence-corrected chi connectivity index (χ0v) is 19.6. The molecular formula is C24H30N2O6S. The first-order chi connectivity index (χ1) is 15.9. The number of hydrogen-bond acceptors (Lipinski definition) is 6. The Bertz CT molecular complexity index is 1020. The fourth-order valence-electron chi connectivity index (χ4n) is 3.82. The van der Waals surface area contributed by atoms with E-state index in [0.717, 1.165) is 48.3 Å². The summed E-state index contributed by atoms with van der Waals surface area (Å²) in [4.78, 5) is 25.3. The Morgan fingerprint density at radius 2 is 1.91 bits per heavy atom. The molecule has 3 rings (SSSR count). The van der Waals surface area contributed by atoms with Gasteiger partial charge in [0.05, 0.1) is 12.5 Å². The Labute approximate surface area is 195 Å². The Balaban J connectivity index is 1.64. The number of rotatable bonds is 7. The van der Waals surface area contributed by atoms with E-state index in [0.29, 0.717) is 19.5 Å². The first-order valence-corrected chi connectivity index (χ1v) is 12.5. The average Bonchev–Trinajstić information content (AvgIpc) is 2.85. The molecule has 0 unspecified atom stereocenters. The number of hydrogen-bond donors (Lipinski definition) is 0. The Hall–Kier alpha value is -2.91. The molecule has 1 fully saturated rings. The fraction of sp³-hybridized carbons (Fsp3) is 0.417. The summed E-state index contributed by atoms with van der Waals surface area (Å²) in [5.41, 5.74) is 1.86. The van der Waals surface area contributed by atoms with Crippen molar-refractivity contribution in [2.45, 2.75) is 44.8 Å². The van der Waals surface area contributed by atoms with Crippen molar-refractivity contribution in [3.8, 4) is 0 Å². The van der Waals surface area contributed by atoms with Gasteiger partial charge in [-0.15, -0.1) is 0 Å². The van der Waals surface area contributed by atoms with Crippen LogP contribution < -0.4 is 0 Å². The number of carbonyl (C=O) groups excluding carboxylic acids is 2. The third kappa shape index (κ3) is 7.30. The molecule has 178 valence electrons. The van der Waals surface area contributed by atoms with Crippen LogP contribution in [0.1, 0.15) is 37.7 Å². The van der Waals surface area contributed by atoms with E-state index in [1.807, 2.05) is 42.5 Å². The standard InChI is InChI=1S/C24H30N2O6S/c1-31-23(27)14-17-33(29,30)26-16-6-5-11-22(26)13-12-20-10-7-15-25(18-20)24(28)32-19-21-8-3-2-4-9-21/h2-4,8-9,12-14,17-18,22H,5-7,10-11,15-16,19H2,1H3/b13-12+,17-14+/t22-/m0/s1. The van der Waals surface area contributed by atoms with Gasteiger partial charge in [0.1, 0.15) is 6.61 Å². The van der Waals surface area contributed by atoms with E-state index in [1.165, 1.54) is 11.4 Å². The largest absolute Gasteiger partial charge is 0.466 e. The SMILES string of the molecule is COC(=O)/C=C/S(=O)(=O)N1CCCC[C@H]1/C=C/C1=CN(C(=O)OCc2ccccc2)CCC1. The summed E-state index contributed by atoms with van der Waals surface area (Å²) in [5, 5.41) is 0.898. The van der Waals surface area contributed by atoms with Gasteiger partial charge in [-0.3, -0.25) is 4.90 Å². The van der Waals surface area contributed by atoms with Gasteiger partial charge in [-0.2, -0.15) is 4.31 Å². The second-order valence-corrected chi connectivity index (χ2v) is 9.72. The first kappa shape index (κ1) is 24.7. The van der Waals surface area contributed by atoms with Crippen molar-refractivity contribution in [2.24, 2.45) is 0 Å². The molecule has 9 heteroatoms. The number of allylic oxidation sites excluding steroid dienone is 2. The van der Waals surface area contributed by atoms with Crippen LogP contribution in [0.5, 0.6) is 0 Å². The molecule has 2 aliphatic heterocycles. The molecule has 1 atom stereocenters. The van der Waals surface area contributed by atoms with Crippen LogP contribution in [-0.4, -0.2) is 55.9 Å². The van der Waals surface area contributed by atoms with E-state index in [9.17, 15) is 18.0 Å². The van der Waals surface area contributed by atoms with Gasteiger partial charge in [0, 0.05) is 31.4 Å². The maximum absolute atomic E-state index is 12.7. The molecule has 0 aliphatic carbocycles. The summed E-state index contributed by atoms with van der Waals surface area (Å²) in [6, 6.07) is 9.19. The number of amides is 1. The highest BCUT2D eigenvalue weighted by Gasteiger charge is 2.29. The Morgan fingerprint density at radius 1 is 1.12 bits per heavy atom. The Morgan fingerprint density at radius 3 is 2.67 bits per heavy atom. The normalized spacial score (nSPS) is 20.1. The maximum Gasteiger partial charge on any atom is 0.414 e. The summed E-state index contributed by atoms with van der Waals surface area (Å²) < 4.78 is 36.7. The van der Waals surface area contributed by atoms with Crippen molar-refractivity contribution in [1.29, 1.82) is 0 Å². The fourth-order valence-corrected chi connectivity index (χ4v) is 5.19. The number of sulfonamides is 1. The van der Waals surface area contributed by atoms with Gasteiger partial charge >= 0.3 is 12.1 Å². The van der Waals surface area contributed by atoms with Gasteiger partial charge < -0.3 is 9.47 Å². The van der Waals surface area contributed by atoms with Crippen LogP contribution in [0.15, 0.2) is 65.7 Å². The molecule has 0 saturated carbocycles. The molecule has 0 N–H and O–H groups in total. The summed E-state index contributed by atoms with van der Waals surface area (Å²) in [6.45, 7) is 1.18. The van der Waals surface area contributed by atoms with Gasteiger partial charge in [0.15, 0.2) is 0 Å². The van der Waals surface area contributed by atoms with Crippen molar-refractivity contribution in [3.63, 3.8) is 0 Å². The van der Waals surface area contributed by atoms with Crippen LogP contribution >= 0.6 is 0 Å². The quantitative estimate of drug-likeness (QED) is 0.442. The van der Waals surface area contributed by atoms with Crippen molar-refractivity contribution in [2.75, 3.05) is 20.2 Å². The second kappa shape index (κ2) is 11.8. The second-order valence-electron chi connectivity index (χ2n) is 7.94. The molecule has 1 saturated heterocycles. The monoisotopic (exact) mass is 474 g/mol. The van der Waals surface area contributed by atoms with Crippen LogP contribution in [0, 0.1) is 0 Å². The van der Waals surface area contributed by atoms with Gasteiger partial charge in [-0.1, -0.05) is 48.9 Å². The van der Waals surface area contributed by atoms with Crippen molar-refractivity contribution < 1.29 is 27.5 Å². The van der Waals surface area contributed by atoms with Crippen molar-refractivity contribution >= 4 is 22.1 Å². The maximum atomic E-state index is 12.7. The first-order valence-electron chi connectivity index (χ1n) is 11.0. The molecule has 33 heavy (non-hydrogen) atoms. The molecule has 2 aliphatic rings.